The maximum absolute atomic E-state index is 13.2. The molecule has 1 aliphatic heterocycles. The van der Waals surface area contributed by atoms with Crippen LogP contribution in [0.5, 0.6) is 0 Å². The van der Waals surface area contributed by atoms with Gasteiger partial charge in [0.15, 0.2) is 0 Å². The molecule has 2 N–H and O–H groups in total. The Morgan fingerprint density at radius 2 is 2.10 bits per heavy atom. The van der Waals surface area contributed by atoms with E-state index in [1.165, 1.54) is 12.1 Å². The number of hydrogen-bond acceptors (Lipinski definition) is 4. The second kappa shape index (κ2) is 5.09. The zero-order valence-electron chi connectivity index (χ0n) is 10.8. The average Bonchev–Trinajstić information content (AvgIpc) is 3.00. The van der Waals surface area contributed by atoms with Gasteiger partial charge in [-0.15, -0.1) is 11.3 Å². The van der Waals surface area contributed by atoms with E-state index in [1.807, 2.05) is 0 Å². The SMILES string of the molecule is O=C(O)[C@@H]1C[C@H](O)CN1C(=O)c1cc2ccc(F)cc2s1. The van der Waals surface area contributed by atoms with E-state index in [2.05, 4.69) is 0 Å². The largest absolute Gasteiger partial charge is 0.480 e. The molecule has 0 unspecified atom stereocenters. The van der Waals surface area contributed by atoms with Crippen LogP contribution in [0.15, 0.2) is 24.3 Å². The number of carbonyl (C=O) groups is 2. The predicted molar refractivity (Wildman–Crippen MR) is 74.9 cm³/mol. The van der Waals surface area contributed by atoms with Crippen LogP contribution in [-0.2, 0) is 4.79 Å². The zero-order chi connectivity index (χ0) is 15.1. The average molecular weight is 309 g/mol. The number of benzene rings is 1. The minimum Gasteiger partial charge on any atom is -0.480 e. The molecule has 0 radical (unpaired) electrons. The van der Waals surface area contributed by atoms with Gasteiger partial charge in [0.2, 0.25) is 0 Å². The number of likely N-dealkylation sites (tertiary alicyclic amines) is 1. The van der Waals surface area contributed by atoms with Gasteiger partial charge in [-0.2, -0.15) is 0 Å². The lowest BCUT2D eigenvalue weighted by molar-refractivity contribution is -0.141. The van der Waals surface area contributed by atoms with Gasteiger partial charge in [0.1, 0.15) is 11.9 Å². The Morgan fingerprint density at radius 3 is 2.81 bits per heavy atom. The minimum absolute atomic E-state index is 0.00158. The van der Waals surface area contributed by atoms with Crippen molar-refractivity contribution in [2.45, 2.75) is 18.6 Å². The van der Waals surface area contributed by atoms with Gasteiger partial charge in [0, 0.05) is 17.7 Å². The Labute approximate surface area is 123 Å². The standard InChI is InChI=1S/C14H12FNO4S/c15-8-2-1-7-3-12(21-11(7)4-8)13(18)16-6-9(17)5-10(16)14(19)20/h1-4,9-10,17H,5-6H2,(H,19,20)/t9-,10-/m0/s1. The molecular formula is C14H12FNO4S. The van der Waals surface area contributed by atoms with E-state index in [-0.39, 0.29) is 18.8 Å². The molecule has 1 amide bonds. The van der Waals surface area contributed by atoms with E-state index >= 15 is 0 Å². The summed E-state index contributed by atoms with van der Waals surface area (Å²) in [4.78, 5) is 25.1. The van der Waals surface area contributed by atoms with Crippen molar-refractivity contribution in [1.82, 2.24) is 4.90 Å². The van der Waals surface area contributed by atoms with Gasteiger partial charge in [-0.25, -0.2) is 9.18 Å². The number of aliphatic carboxylic acids is 1. The Balaban J connectivity index is 1.94. The number of nitrogens with zero attached hydrogens (tertiary/aromatic N) is 1. The number of rotatable bonds is 2. The summed E-state index contributed by atoms with van der Waals surface area (Å²) in [7, 11) is 0. The van der Waals surface area contributed by atoms with Crippen molar-refractivity contribution < 1.29 is 24.2 Å². The molecule has 2 heterocycles. The topological polar surface area (TPSA) is 77.8 Å². The van der Waals surface area contributed by atoms with Crippen LogP contribution in [0, 0.1) is 5.82 Å². The van der Waals surface area contributed by atoms with E-state index in [0.29, 0.717) is 9.58 Å². The number of amides is 1. The van der Waals surface area contributed by atoms with Gasteiger partial charge in [-0.05, 0) is 23.6 Å². The van der Waals surface area contributed by atoms with Crippen molar-refractivity contribution in [3.8, 4) is 0 Å². The minimum atomic E-state index is -1.13. The van der Waals surface area contributed by atoms with Crippen LogP contribution >= 0.6 is 11.3 Å². The fourth-order valence-corrected chi connectivity index (χ4v) is 3.57. The maximum Gasteiger partial charge on any atom is 0.326 e. The van der Waals surface area contributed by atoms with Gasteiger partial charge in [0.05, 0.1) is 11.0 Å². The van der Waals surface area contributed by atoms with Crippen LogP contribution in [-0.4, -0.2) is 45.7 Å². The van der Waals surface area contributed by atoms with Gasteiger partial charge in [0.25, 0.3) is 5.91 Å². The lowest BCUT2D eigenvalue weighted by Gasteiger charge is -2.20. The molecule has 1 aliphatic rings. The van der Waals surface area contributed by atoms with E-state index in [1.54, 1.807) is 12.1 Å². The third-order valence-electron chi connectivity index (χ3n) is 3.52. The number of carbonyl (C=O) groups excluding carboxylic acids is 1. The molecule has 0 saturated carbocycles. The van der Waals surface area contributed by atoms with Gasteiger partial charge in [-0.1, -0.05) is 6.07 Å². The second-order valence-electron chi connectivity index (χ2n) is 4.99. The first-order valence-electron chi connectivity index (χ1n) is 6.36. The number of thiophene rings is 1. The van der Waals surface area contributed by atoms with E-state index in [9.17, 15) is 19.1 Å². The maximum atomic E-state index is 13.2. The number of carboxylic acids is 1. The molecule has 110 valence electrons. The first-order chi connectivity index (χ1) is 9.95. The molecule has 5 nitrogen and oxygen atoms in total. The molecule has 21 heavy (non-hydrogen) atoms. The van der Waals surface area contributed by atoms with Crippen molar-refractivity contribution in [1.29, 1.82) is 0 Å². The van der Waals surface area contributed by atoms with Crippen LogP contribution < -0.4 is 0 Å². The van der Waals surface area contributed by atoms with Crippen molar-refractivity contribution in [2.75, 3.05) is 6.54 Å². The smallest absolute Gasteiger partial charge is 0.326 e. The zero-order valence-corrected chi connectivity index (χ0v) is 11.6. The summed E-state index contributed by atoms with van der Waals surface area (Å²) in [6.45, 7) is -0.00158. The van der Waals surface area contributed by atoms with Crippen molar-refractivity contribution in [3.05, 3.63) is 35.0 Å². The van der Waals surface area contributed by atoms with Crippen LogP contribution in [0.4, 0.5) is 4.39 Å². The number of aliphatic hydroxyl groups excluding tert-OH is 1. The molecule has 1 saturated heterocycles. The number of fused-ring (bicyclic) bond motifs is 1. The van der Waals surface area contributed by atoms with Gasteiger partial charge < -0.3 is 15.1 Å². The molecule has 1 aromatic heterocycles. The molecular weight excluding hydrogens is 297 g/mol. The first-order valence-corrected chi connectivity index (χ1v) is 7.18. The summed E-state index contributed by atoms with van der Waals surface area (Å²) in [5.41, 5.74) is 0. The van der Waals surface area contributed by atoms with E-state index < -0.39 is 24.0 Å². The number of β-amino-alcohol motifs (C(OH)–C–C–N with tert-alkyl or cyclic N) is 1. The Kier molecular flexibility index (Phi) is 3.38. The molecule has 1 fully saturated rings. The fourth-order valence-electron chi connectivity index (χ4n) is 2.52. The number of halogens is 1. The number of hydrogen-bond donors (Lipinski definition) is 2. The predicted octanol–water partition coefficient (Wildman–Crippen LogP) is 1.70. The molecule has 7 heteroatoms. The van der Waals surface area contributed by atoms with E-state index in [0.717, 1.165) is 21.6 Å². The Hall–Kier alpha value is -1.99. The van der Waals surface area contributed by atoms with Gasteiger partial charge >= 0.3 is 5.97 Å². The second-order valence-corrected chi connectivity index (χ2v) is 6.08. The van der Waals surface area contributed by atoms with Crippen LogP contribution in [0.25, 0.3) is 10.1 Å². The van der Waals surface area contributed by atoms with E-state index in [4.69, 9.17) is 5.11 Å². The highest BCUT2D eigenvalue weighted by atomic mass is 32.1. The third kappa shape index (κ3) is 2.50. The van der Waals surface area contributed by atoms with Crippen molar-refractivity contribution >= 4 is 33.3 Å². The Bertz CT molecular complexity index is 729. The number of aliphatic hydroxyl groups is 1. The molecule has 0 spiro atoms. The van der Waals surface area contributed by atoms with Crippen molar-refractivity contribution in [2.24, 2.45) is 0 Å². The van der Waals surface area contributed by atoms with Crippen LogP contribution in [0.2, 0.25) is 0 Å². The lowest BCUT2D eigenvalue weighted by atomic mass is 10.2. The lowest BCUT2D eigenvalue weighted by Crippen LogP contribution is -2.40. The van der Waals surface area contributed by atoms with Crippen LogP contribution in [0.3, 0.4) is 0 Å². The summed E-state index contributed by atoms with van der Waals surface area (Å²) in [5.74, 6) is -1.96. The highest BCUT2D eigenvalue weighted by Crippen LogP contribution is 2.29. The summed E-state index contributed by atoms with van der Waals surface area (Å²) >= 11 is 1.12. The first kappa shape index (κ1) is 14.0. The monoisotopic (exact) mass is 309 g/mol. The number of carboxylic acid groups (broad SMARTS) is 1. The Morgan fingerprint density at radius 1 is 1.33 bits per heavy atom. The summed E-state index contributed by atoms with van der Waals surface area (Å²) in [6, 6.07) is 4.82. The third-order valence-corrected chi connectivity index (χ3v) is 4.60. The molecule has 3 rings (SSSR count). The quantitative estimate of drug-likeness (QED) is 0.885. The molecule has 1 aromatic carbocycles. The van der Waals surface area contributed by atoms with Crippen LogP contribution in [0.1, 0.15) is 16.1 Å². The summed E-state index contributed by atoms with van der Waals surface area (Å²) in [6.07, 6.45) is -0.803. The molecule has 2 aromatic rings. The highest BCUT2D eigenvalue weighted by molar-refractivity contribution is 7.20. The van der Waals surface area contributed by atoms with Gasteiger partial charge in [-0.3, -0.25) is 4.79 Å². The summed E-state index contributed by atoms with van der Waals surface area (Å²) < 4.78 is 13.8. The molecule has 2 atom stereocenters. The molecule has 0 bridgehead atoms. The van der Waals surface area contributed by atoms with Crippen molar-refractivity contribution in [3.63, 3.8) is 0 Å². The molecule has 0 aliphatic carbocycles. The normalized spacial score (nSPS) is 21.9. The highest BCUT2D eigenvalue weighted by Gasteiger charge is 2.39. The summed E-state index contributed by atoms with van der Waals surface area (Å²) in [5, 5.41) is 19.4. The fraction of sp³-hybridized carbons (Fsp3) is 0.286.